The van der Waals surface area contributed by atoms with Crippen LogP contribution in [-0.2, 0) is 19.3 Å². The summed E-state index contributed by atoms with van der Waals surface area (Å²) in [4.78, 5) is 18.7. The normalized spacial score (nSPS) is 10.9. The van der Waals surface area contributed by atoms with E-state index in [9.17, 15) is 4.79 Å². The van der Waals surface area contributed by atoms with Gasteiger partial charge in [0.2, 0.25) is 0 Å². The Morgan fingerprint density at radius 2 is 1.41 bits per heavy atom. The lowest BCUT2D eigenvalue weighted by atomic mass is 9.98. The summed E-state index contributed by atoms with van der Waals surface area (Å²) in [5, 5.41) is 0. The highest BCUT2D eigenvalue weighted by Gasteiger charge is 2.17. The van der Waals surface area contributed by atoms with Gasteiger partial charge in [0.05, 0.1) is 11.4 Å². The maximum Gasteiger partial charge on any atom is 0.261 e. The first kappa shape index (κ1) is 21.8. The topological polar surface area (TPSA) is 34.9 Å². The standard InChI is InChI=1S/C29H30N2O/c1-3-5-16-27-26(21-22-17-19-24(20-18-22)23-12-8-6-9-13-23)29(32)31(28(4-2)30-27)25-14-10-7-11-15-25/h6-15,17-20H,3-5,16,21H2,1-2H3. The summed E-state index contributed by atoms with van der Waals surface area (Å²) >= 11 is 0. The van der Waals surface area contributed by atoms with Crippen LogP contribution in [0.4, 0.5) is 0 Å². The third kappa shape index (κ3) is 4.72. The van der Waals surface area contributed by atoms with Gasteiger partial charge in [-0.15, -0.1) is 0 Å². The Hall–Kier alpha value is -3.46. The van der Waals surface area contributed by atoms with Gasteiger partial charge in [-0.2, -0.15) is 0 Å². The number of nitrogens with zero attached hydrogens (tertiary/aromatic N) is 2. The van der Waals surface area contributed by atoms with Crippen molar-refractivity contribution in [2.75, 3.05) is 0 Å². The van der Waals surface area contributed by atoms with Crippen LogP contribution in [0.3, 0.4) is 0 Å². The van der Waals surface area contributed by atoms with Crippen molar-refractivity contribution in [2.45, 2.75) is 46.0 Å². The summed E-state index contributed by atoms with van der Waals surface area (Å²) in [6.07, 6.45) is 4.26. The van der Waals surface area contributed by atoms with Crippen LogP contribution in [0.1, 0.15) is 49.3 Å². The Labute approximate surface area is 190 Å². The lowest BCUT2D eigenvalue weighted by molar-refractivity contribution is 0.718. The van der Waals surface area contributed by atoms with Gasteiger partial charge < -0.3 is 0 Å². The van der Waals surface area contributed by atoms with Crippen molar-refractivity contribution in [1.29, 1.82) is 0 Å². The number of para-hydroxylation sites is 1. The third-order valence-corrected chi connectivity index (χ3v) is 5.87. The average molecular weight is 423 g/mol. The number of rotatable bonds is 8. The second-order valence-electron chi connectivity index (χ2n) is 8.13. The van der Waals surface area contributed by atoms with E-state index in [1.54, 1.807) is 4.57 Å². The largest absolute Gasteiger partial charge is 0.269 e. The Kier molecular flexibility index (Phi) is 6.96. The quantitative estimate of drug-likeness (QED) is 0.329. The monoisotopic (exact) mass is 422 g/mol. The van der Waals surface area contributed by atoms with Crippen molar-refractivity contribution >= 4 is 0 Å². The van der Waals surface area contributed by atoms with E-state index in [-0.39, 0.29) is 5.56 Å². The molecule has 32 heavy (non-hydrogen) atoms. The molecule has 4 aromatic rings. The zero-order valence-corrected chi connectivity index (χ0v) is 18.9. The molecule has 4 rings (SSSR count). The fourth-order valence-corrected chi connectivity index (χ4v) is 4.11. The molecule has 0 atom stereocenters. The predicted octanol–water partition coefficient (Wildman–Crippen LogP) is 6.40. The van der Waals surface area contributed by atoms with Crippen molar-refractivity contribution < 1.29 is 0 Å². The first-order chi connectivity index (χ1) is 15.7. The minimum absolute atomic E-state index is 0.0567. The minimum atomic E-state index is 0.0567. The van der Waals surface area contributed by atoms with Crippen molar-refractivity contribution in [3.63, 3.8) is 0 Å². The van der Waals surface area contributed by atoms with E-state index >= 15 is 0 Å². The molecular weight excluding hydrogens is 392 g/mol. The first-order valence-electron chi connectivity index (χ1n) is 11.5. The van der Waals surface area contributed by atoms with E-state index in [2.05, 4.69) is 62.4 Å². The molecular formula is C29H30N2O. The first-order valence-corrected chi connectivity index (χ1v) is 11.5. The molecule has 0 aliphatic heterocycles. The molecule has 0 saturated heterocycles. The van der Waals surface area contributed by atoms with Crippen molar-refractivity contribution in [2.24, 2.45) is 0 Å². The fourth-order valence-electron chi connectivity index (χ4n) is 4.11. The van der Waals surface area contributed by atoms with E-state index in [0.29, 0.717) is 6.42 Å². The second-order valence-corrected chi connectivity index (χ2v) is 8.13. The van der Waals surface area contributed by atoms with E-state index in [1.807, 2.05) is 36.4 Å². The molecule has 0 unspecified atom stereocenters. The van der Waals surface area contributed by atoms with Crippen molar-refractivity contribution in [1.82, 2.24) is 9.55 Å². The van der Waals surface area contributed by atoms with Crippen molar-refractivity contribution in [3.8, 4) is 16.8 Å². The van der Waals surface area contributed by atoms with Crippen LogP contribution in [-0.4, -0.2) is 9.55 Å². The molecule has 0 spiro atoms. The molecule has 3 aromatic carbocycles. The van der Waals surface area contributed by atoms with Crippen LogP contribution < -0.4 is 5.56 Å². The molecule has 1 heterocycles. The Balaban J connectivity index is 1.75. The number of hydrogen-bond acceptors (Lipinski definition) is 2. The fraction of sp³-hybridized carbons (Fsp3) is 0.241. The van der Waals surface area contributed by atoms with Gasteiger partial charge in [-0.3, -0.25) is 9.36 Å². The van der Waals surface area contributed by atoms with Crippen molar-refractivity contribution in [3.05, 3.63) is 118 Å². The van der Waals surface area contributed by atoms with Gasteiger partial charge in [-0.25, -0.2) is 4.98 Å². The molecule has 0 radical (unpaired) electrons. The summed E-state index contributed by atoms with van der Waals surface area (Å²) in [6.45, 7) is 4.24. The highest BCUT2D eigenvalue weighted by atomic mass is 16.1. The van der Waals surface area contributed by atoms with Crippen LogP contribution in [0, 0.1) is 0 Å². The lowest BCUT2D eigenvalue weighted by Crippen LogP contribution is -2.29. The minimum Gasteiger partial charge on any atom is -0.269 e. The highest BCUT2D eigenvalue weighted by Crippen LogP contribution is 2.21. The molecule has 0 amide bonds. The van der Waals surface area contributed by atoms with Gasteiger partial charge in [-0.05, 0) is 41.7 Å². The number of unbranched alkanes of at least 4 members (excludes halogenated alkanes) is 1. The Morgan fingerprint density at radius 1 is 0.781 bits per heavy atom. The van der Waals surface area contributed by atoms with E-state index < -0.39 is 0 Å². The summed E-state index contributed by atoms with van der Waals surface area (Å²) < 4.78 is 1.79. The van der Waals surface area contributed by atoms with Gasteiger partial charge >= 0.3 is 0 Å². The summed E-state index contributed by atoms with van der Waals surface area (Å²) in [5.74, 6) is 0.829. The van der Waals surface area contributed by atoms with Crippen LogP contribution in [0.2, 0.25) is 0 Å². The molecule has 162 valence electrons. The second kappa shape index (κ2) is 10.2. The van der Waals surface area contributed by atoms with Crippen LogP contribution in [0.5, 0.6) is 0 Å². The molecule has 0 N–H and O–H groups in total. The maximum atomic E-state index is 13.7. The number of aromatic nitrogens is 2. The number of hydrogen-bond donors (Lipinski definition) is 0. The lowest BCUT2D eigenvalue weighted by Gasteiger charge is -2.17. The predicted molar refractivity (Wildman–Crippen MR) is 133 cm³/mol. The van der Waals surface area contributed by atoms with Gasteiger partial charge in [0.15, 0.2) is 0 Å². The summed E-state index contributed by atoms with van der Waals surface area (Å²) in [6, 6.07) is 28.8. The molecule has 3 nitrogen and oxygen atoms in total. The molecule has 3 heteroatoms. The smallest absolute Gasteiger partial charge is 0.261 e. The SMILES string of the molecule is CCCCc1nc(CC)n(-c2ccccc2)c(=O)c1Cc1ccc(-c2ccccc2)cc1. The highest BCUT2D eigenvalue weighted by molar-refractivity contribution is 5.63. The Morgan fingerprint density at radius 3 is 2.03 bits per heavy atom. The number of aryl methyl sites for hydroxylation is 2. The van der Waals surface area contributed by atoms with E-state index in [4.69, 9.17) is 4.98 Å². The molecule has 0 aliphatic rings. The van der Waals surface area contributed by atoms with Crippen LogP contribution in [0.25, 0.3) is 16.8 Å². The van der Waals surface area contributed by atoms with E-state index in [0.717, 1.165) is 54.0 Å². The molecule has 0 bridgehead atoms. The zero-order valence-electron chi connectivity index (χ0n) is 18.9. The molecule has 1 aromatic heterocycles. The van der Waals surface area contributed by atoms with Gasteiger partial charge in [0.1, 0.15) is 5.82 Å². The van der Waals surface area contributed by atoms with Gasteiger partial charge in [-0.1, -0.05) is 93.1 Å². The third-order valence-electron chi connectivity index (χ3n) is 5.87. The summed E-state index contributed by atoms with van der Waals surface area (Å²) in [7, 11) is 0. The van der Waals surface area contributed by atoms with Crippen LogP contribution in [0.15, 0.2) is 89.7 Å². The van der Waals surface area contributed by atoms with Crippen LogP contribution >= 0.6 is 0 Å². The number of benzene rings is 3. The molecule has 0 saturated carbocycles. The zero-order chi connectivity index (χ0) is 22.3. The molecule has 0 aliphatic carbocycles. The van der Waals surface area contributed by atoms with Gasteiger partial charge in [0, 0.05) is 18.4 Å². The maximum absolute atomic E-state index is 13.7. The molecule has 0 fully saturated rings. The average Bonchev–Trinajstić information content (AvgIpc) is 2.85. The van der Waals surface area contributed by atoms with Gasteiger partial charge in [0.25, 0.3) is 5.56 Å². The summed E-state index contributed by atoms with van der Waals surface area (Å²) in [5.41, 5.74) is 6.21. The van der Waals surface area contributed by atoms with E-state index in [1.165, 1.54) is 11.1 Å². The Bertz CT molecular complexity index is 1210.